The van der Waals surface area contributed by atoms with Crippen molar-refractivity contribution in [2.45, 2.75) is 26.0 Å². The van der Waals surface area contributed by atoms with E-state index in [-0.39, 0.29) is 0 Å². The monoisotopic (exact) mass is 1010 g/mol. The molecule has 0 saturated heterocycles. The van der Waals surface area contributed by atoms with E-state index >= 15 is 0 Å². The molecule has 0 fully saturated rings. The Morgan fingerprint density at radius 2 is 0.526 bits per heavy atom. The lowest BCUT2D eigenvalue weighted by Gasteiger charge is -2.40. The molecule has 0 amide bonds. The second-order valence-electron chi connectivity index (χ2n) is 21.7. The summed E-state index contributed by atoms with van der Waals surface area (Å²) in [6.45, 7) is 0. The maximum atomic E-state index is 6.76. The lowest BCUT2D eigenvalue weighted by atomic mass is 9.66. The van der Waals surface area contributed by atoms with Crippen LogP contribution in [0.5, 0.6) is 11.5 Å². The molecule has 3 heteroatoms. The van der Waals surface area contributed by atoms with E-state index in [1.807, 2.05) is 11.8 Å². The summed E-state index contributed by atoms with van der Waals surface area (Å²) in [5, 5.41) is 0. The zero-order valence-electron chi connectivity index (χ0n) is 42.2. The number of para-hydroxylation sites is 2. The third-order valence-electron chi connectivity index (χ3n) is 18.4. The molecule has 0 bridgehead atoms. The Morgan fingerprint density at radius 3 is 0.974 bits per heavy atom. The maximum Gasteiger partial charge on any atom is 0.132 e. The second-order valence-corrected chi connectivity index (χ2v) is 22.8. The van der Waals surface area contributed by atoms with E-state index < -0.39 is 16.2 Å². The van der Waals surface area contributed by atoms with Crippen LogP contribution < -0.4 is 9.64 Å². The lowest BCUT2D eigenvalue weighted by molar-refractivity contribution is 0.436. The fourth-order valence-corrected chi connectivity index (χ4v) is 16.8. The average molecular weight is 1010 g/mol. The maximum absolute atomic E-state index is 6.76. The molecular weight excluding hydrogens is 963 g/mol. The van der Waals surface area contributed by atoms with Crippen molar-refractivity contribution in [3.05, 3.63) is 340 Å². The Kier molecular flexibility index (Phi) is 8.43. The van der Waals surface area contributed by atoms with E-state index in [2.05, 4.69) is 278 Å². The van der Waals surface area contributed by atoms with Crippen molar-refractivity contribution in [3.8, 4) is 56.0 Å². The highest BCUT2D eigenvalue weighted by atomic mass is 32.2. The molecule has 362 valence electrons. The highest BCUT2D eigenvalue weighted by Gasteiger charge is 2.54. The first kappa shape index (κ1) is 42.8. The predicted molar refractivity (Wildman–Crippen MR) is 316 cm³/mol. The molecular formula is C75H45NOS. The van der Waals surface area contributed by atoms with Gasteiger partial charge in [0.15, 0.2) is 0 Å². The van der Waals surface area contributed by atoms with E-state index in [0.29, 0.717) is 0 Å². The van der Waals surface area contributed by atoms with Gasteiger partial charge in [-0.05, 0) is 161 Å². The molecule has 0 N–H and O–H groups in total. The van der Waals surface area contributed by atoms with Gasteiger partial charge in [-0.3, -0.25) is 0 Å². The van der Waals surface area contributed by atoms with Gasteiger partial charge < -0.3 is 9.64 Å². The summed E-state index contributed by atoms with van der Waals surface area (Å²) < 4.78 is 6.76. The Labute approximate surface area is 457 Å². The van der Waals surface area contributed by atoms with Gasteiger partial charge in [0, 0.05) is 38.0 Å². The van der Waals surface area contributed by atoms with Crippen molar-refractivity contribution >= 4 is 28.8 Å². The summed E-state index contributed by atoms with van der Waals surface area (Å²) >= 11 is 1.89. The molecule has 3 spiro atoms. The summed E-state index contributed by atoms with van der Waals surface area (Å²) in [6.07, 6.45) is 0. The zero-order chi connectivity index (χ0) is 50.9. The molecule has 2 heterocycles. The van der Waals surface area contributed by atoms with Crippen LogP contribution in [0, 0.1) is 0 Å². The Balaban J connectivity index is 0.929. The minimum absolute atomic E-state index is 0.509. The third kappa shape index (κ3) is 5.12. The number of hydrogen-bond acceptors (Lipinski definition) is 3. The molecule has 0 saturated carbocycles. The van der Waals surface area contributed by atoms with Gasteiger partial charge in [-0.2, -0.15) is 0 Å². The van der Waals surface area contributed by atoms with Crippen LogP contribution in [0.2, 0.25) is 0 Å². The average Bonchev–Trinajstić information content (AvgIpc) is 4.37. The van der Waals surface area contributed by atoms with Crippen molar-refractivity contribution in [1.29, 1.82) is 0 Å². The molecule has 18 rings (SSSR count). The third-order valence-corrected chi connectivity index (χ3v) is 19.6. The standard InChI is InChI=1S/C75H45NOS/c1-6-24-57-49(19-1)50-20-2-7-25-58(50)73(57)59-26-8-3-21-51(59)54-40-37-47(44-67(54)73)76(46-39-42-62-56(43-46)53-23-5-10-28-61(53)74(62)63-29-11-15-33-69(63)77-70-34-16-12-30-64(70)74)48-38-41-55-52-22-4-9-27-60(52)75(68(55)45-48)65-31-13-17-35-71(65)78-72-36-18-14-32-66(72)75/h1-45H. The molecule has 2 aliphatic heterocycles. The van der Waals surface area contributed by atoms with E-state index in [4.69, 9.17) is 4.74 Å². The van der Waals surface area contributed by atoms with Gasteiger partial charge in [-0.15, -0.1) is 0 Å². The molecule has 78 heavy (non-hydrogen) atoms. The van der Waals surface area contributed by atoms with E-state index in [9.17, 15) is 0 Å². The van der Waals surface area contributed by atoms with Crippen LogP contribution in [-0.4, -0.2) is 0 Å². The summed E-state index contributed by atoms with van der Waals surface area (Å²) in [5.74, 6) is 1.79. The first-order valence-electron chi connectivity index (χ1n) is 27.1. The highest BCUT2D eigenvalue weighted by molar-refractivity contribution is 7.99. The summed E-state index contributed by atoms with van der Waals surface area (Å²) in [7, 11) is 0. The molecule has 0 unspecified atom stereocenters. The van der Waals surface area contributed by atoms with Gasteiger partial charge >= 0.3 is 0 Å². The number of anilines is 3. The molecule has 0 aromatic heterocycles. The molecule has 2 nitrogen and oxygen atoms in total. The van der Waals surface area contributed by atoms with Crippen LogP contribution in [0.3, 0.4) is 0 Å². The van der Waals surface area contributed by atoms with Gasteiger partial charge in [0.25, 0.3) is 0 Å². The van der Waals surface area contributed by atoms with E-state index in [1.165, 1.54) is 110 Å². The Bertz CT molecular complexity index is 4470. The minimum atomic E-state index is -0.582. The molecule has 0 atom stereocenters. The SMILES string of the molecule is c1ccc2c(c1)Oc1ccccc1C21c2ccccc2-c2cc(N(c3ccc4c(c3)C3(c5ccccc5Sc5ccccc53)c3ccccc3-4)c3ccc4c(c3)C3(c5ccccc5-c5ccccc53)c3ccccc3-4)ccc21. The number of ether oxygens (including phenoxy) is 1. The van der Waals surface area contributed by atoms with Crippen LogP contribution in [0.15, 0.2) is 283 Å². The lowest BCUT2D eigenvalue weighted by Crippen LogP contribution is -2.32. The number of nitrogens with zero attached hydrogens (tertiary/aromatic N) is 1. The first-order valence-corrected chi connectivity index (χ1v) is 28.0. The smallest absolute Gasteiger partial charge is 0.132 e. The summed E-state index contributed by atoms with van der Waals surface area (Å²) in [5.41, 5.74) is 27.3. The summed E-state index contributed by atoms with van der Waals surface area (Å²) in [4.78, 5) is 5.16. The van der Waals surface area contributed by atoms with Crippen molar-refractivity contribution in [1.82, 2.24) is 0 Å². The number of hydrogen-bond donors (Lipinski definition) is 0. The van der Waals surface area contributed by atoms with Gasteiger partial charge in [0.1, 0.15) is 11.5 Å². The number of rotatable bonds is 3. The van der Waals surface area contributed by atoms with E-state index in [1.54, 1.807) is 0 Å². The largest absolute Gasteiger partial charge is 0.457 e. The molecule has 12 aromatic rings. The number of benzene rings is 12. The Hall–Kier alpha value is -9.41. The van der Waals surface area contributed by atoms with Crippen LogP contribution in [-0.2, 0) is 16.2 Å². The fourth-order valence-electron chi connectivity index (χ4n) is 15.6. The van der Waals surface area contributed by atoms with Crippen molar-refractivity contribution in [2.24, 2.45) is 0 Å². The van der Waals surface area contributed by atoms with Crippen LogP contribution in [0.4, 0.5) is 17.1 Å². The van der Waals surface area contributed by atoms with Gasteiger partial charge in [-0.1, -0.05) is 224 Å². The topological polar surface area (TPSA) is 12.5 Å². The van der Waals surface area contributed by atoms with Crippen molar-refractivity contribution in [2.75, 3.05) is 4.90 Å². The highest BCUT2D eigenvalue weighted by Crippen LogP contribution is 2.67. The molecule has 6 aliphatic rings. The quantitative estimate of drug-likeness (QED) is 0.175. The van der Waals surface area contributed by atoms with Crippen molar-refractivity contribution < 1.29 is 4.74 Å². The normalized spacial score (nSPS) is 15.3. The van der Waals surface area contributed by atoms with Crippen molar-refractivity contribution in [3.63, 3.8) is 0 Å². The molecule has 12 aromatic carbocycles. The fraction of sp³-hybridized carbons (Fsp3) is 0.0400. The predicted octanol–water partition coefficient (Wildman–Crippen LogP) is 18.8. The van der Waals surface area contributed by atoms with Gasteiger partial charge in [0.2, 0.25) is 0 Å². The Morgan fingerprint density at radius 1 is 0.231 bits per heavy atom. The molecule has 0 radical (unpaired) electrons. The van der Waals surface area contributed by atoms with E-state index in [0.717, 1.165) is 39.7 Å². The number of fused-ring (bicyclic) bond motifs is 28. The van der Waals surface area contributed by atoms with Crippen LogP contribution in [0.25, 0.3) is 44.5 Å². The van der Waals surface area contributed by atoms with Gasteiger partial charge in [-0.25, -0.2) is 0 Å². The second kappa shape index (κ2) is 15.4. The van der Waals surface area contributed by atoms with Crippen LogP contribution >= 0.6 is 11.8 Å². The first-order chi connectivity index (χ1) is 38.7. The molecule has 4 aliphatic carbocycles. The zero-order valence-corrected chi connectivity index (χ0v) is 43.1. The summed E-state index contributed by atoms with van der Waals surface area (Å²) in [6, 6.07) is 103. The van der Waals surface area contributed by atoms with Gasteiger partial charge in [0.05, 0.1) is 16.2 Å². The minimum Gasteiger partial charge on any atom is -0.457 e. The van der Waals surface area contributed by atoms with Crippen LogP contribution in [0.1, 0.15) is 66.8 Å².